The monoisotopic (exact) mass is 317 g/mol. The van der Waals surface area contributed by atoms with Gasteiger partial charge in [-0.2, -0.15) is 0 Å². The van der Waals surface area contributed by atoms with Crippen molar-refractivity contribution >= 4 is 33.5 Å². The molecule has 0 bridgehead atoms. The predicted octanol–water partition coefficient (Wildman–Crippen LogP) is 2.39. The number of rotatable bonds is 3. The van der Waals surface area contributed by atoms with Crippen LogP contribution in [-0.4, -0.2) is 15.5 Å². The van der Waals surface area contributed by atoms with E-state index in [1.54, 1.807) is 25.2 Å². The van der Waals surface area contributed by atoms with Crippen molar-refractivity contribution in [2.75, 3.05) is 5.32 Å². The average molecular weight is 317 g/mol. The second-order valence-corrected chi connectivity index (χ2v) is 6.32. The maximum atomic E-state index is 12.1. The third-order valence-electron chi connectivity index (χ3n) is 3.50. The summed E-state index contributed by atoms with van der Waals surface area (Å²) in [7, 11) is 1.64. The van der Waals surface area contributed by atoms with Gasteiger partial charge in [-0.1, -0.05) is 6.07 Å². The van der Waals surface area contributed by atoms with Gasteiger partial charge >= 0.3 is 5.76 Å². The molecule has 0 unspecified atom stereocenters. The third kappa shape index (κ3) is 2.67. The van der Waals surface area contributed by atoms with Crippen molar-refractivity contribution in [2.24, 2.45) is 7.05 Å². The summed E-state index contributed by atoms with van der Waals surface area (Å²) < 4.78 is 6.49. The molecule has 0 atom stereocenters. The number of carbonyl (C=O) groups excluding carboxylic acids is 1. The summed E-state index contributed by atoms with van der Waals surface area (Å²) in [5.74, 6) is -0.549. The molecule has 3 rings (SSSR count). The number of nitrogens with one attached hydrogen (secondary N) is 1. The van der Waals surface area contributed by atoms with Crippen LogP contribution in [0.1, 0.15) is 16.1 Å². The molecule has 1 aromatic carbocycles. The van der Waals surface area contributed by atoms with Crippen LogP contribution in [-0.2, 0) is 18.3 Å². The van der Waals surface area contributed by atoms with E-state index in [-0.39, 0.29) is 12.3 Å². The first-order valence-corrected chi connectivity index (χ1v) is 7.58. The number of anilines is 1. The van der Waals surface area contributed by atoms with Crippen molar-refractivity contribution in [3.63, 3.8) is 0 Å². The highest BCUT2D eigenvalue weighted by atomic mass is 32.1. The summed E-state index contributed by atoms with van der Waals surface area (Å²) in [6, 6.07) is 5.28. The SMILES string of the molecule is Cc1nc(NC(=O)Cc2ccc3oc(=O)n(C)c3c2)sc1C. The topological polar surface area (TPSA) is 77.1 Å². The van der Waals surface area contributed by atoms with Crippen LogP contribution >= 0.6 is 11.3 Å². The number of aromatic nitrogens is 2. The van der Waals surface area contributed by atoms with Gasteiger partial charge in [-0.15, -0.1) is 11.3 Å². The van der Waals surface area contributed by atoms with Gasteiger partial charge in [0, 0.05) is 11.9 Å². The highest BCUT2D eigenvalue weighted by molar-refractivity contribution is 7.15. The molecule has 2 heterocycles. The molecule has 1 N–H and O–H groups in total. The number of oxazole rings is 1. The minimum atomic E-state index is -0.412. The van der Waals surface area contributed by atoms with Gasteiger partial charge in [0.2, 0.25) is 5.91 Å². The standard InChI is InChI=1S/C15H15N3O3S/c1-8-9(2)22-14(16-8)17-13(19)7-10-4-5-12-11(6-10)18(3)15(20)21-12/h4-6H,7H2,1-3H3,(H,16,17,19). The number of nitrogens with zero attached hydrogens (tertiary/aromatic N) is 2. The molecule has 0 fully saturated rings. The molecule has 1 amide bonds. The molecule has 0 radical (unpaired) electrons. The first-order valence-electron chi connectivity index (χ1n) is 6.76. The van der Waals surface area contributed by atoms with Gasteiger partial charge in [0.05, 0.1) is 17.6 Å². The van der Waals surface area contributed by atoms with Crippen LogP contribution in [0.15, 0.2) is 27.4 Å². The number of benzene rings is 1. The largest absolute Gasteiger partial charge is 0.419 e. The number of aryl methyl sites for hydroxylation is 3. The number of hydrogen-bond donors (Lipinski definition) is 1. The Bertz CT molecular complexity index is 900. The molecular formula is C15H15N3O3S. The molecule has 0 saturated carbocycles. The zero-order chi connectivity index (χ0) is 15.9. The number of amides is 1. The molecule has 2 aromatic heterocycles. The number of fused-ring (bicyclic) bond motifs is 1. The smallest absolute Gasteiger partial charge is 0.408 e. The molecule has 0 spiro atoms. The van der Waals surface area contributed by atoms with E-state index in [2.05, 4.69) is 10.3 Å². The summed E-state index contributed by atoms with van der Waals surface area (Å²) in [5, 5.41) is 3.40. The Balaban J connectivity index is 1.78. The van der Waals surface area contributed by atoms with Crippen molar-refractivity contribution in [3.8, 4) is 0 Å². The number of thiazole rings is 1. The van der Waals surface area contributed by atoms with E-state index >= 15 is 0 Å². The maximum absolute atomic E-state index is 12.1. The van der Waals surface area contributed by atoms with Gasteiger partial charge in [-0.3, -0.25) is 9.36 Å². The lowest BCUT2D eigenvalue weighted by molar-refractivity contribution is -0.115. The molecule has 3 aromatic rings. The Labute approximate surface area is 130 Å². The zero-order valence-corrected chi connectivity index (χ0v) is 13.3. The van der Waals surface area contributed by atoms with E-state index in [1.165, 1.54) is 15.9 Å². The highest BCUT2D eigenvalue weighted by Gasteiger charge is 2.11. The van der Waals surface area contributed by atoms with Crippen LogP contribution < -0.4 is 11.1 Å². The van der Waals surface area contributed by atoms with E-state index in [9.17, 15) is 9.59 Å². The summed E-state index contributed by atoms with van der Waals surface area (Å²) in [5.41, 5.74) is 2.93. The molecule has 114 valence electrons. The van der Waals surface area contributed by atoms with Gasteiger partial charge in [0.1, 0.15) is 0 Å². The number of hydrogen-bond acceptors (Lipinski definition) is 5. The fraction of sp³-hybridized carbons (Fsp3) is 0.267. The summed E-state index contributed by atoms with van der Waals surface area (Å²) in [6.45, 7) is 3.88. The van der Waals surface area contributed by atoms with Crippen molar-refractivity contribution in [3.05, 3.63) is 44.9 Å². The molecule has 0 aliphatic rings. The lowest BCUT2D eigenvalue weighted by atomic mass is 10.1. The van der Waals surface area contributed by atoms with E-state index < -0.39 is 5.76 Å². The van der Waals surface area contributed by atoms with E-state index in [1.807, 2.05) is 13.8 Å². The second-order valence-electron chi connectivity index (χ2n) is 5.11. The van der Waals surface area contributed by atoms with Gasteiger partial charge in [-0.25, -0.2) is 9.78 Å². The Morgan fingerprint density at radius 1 is 1.41 bits per heavy atom. The normalized spacial score (nSPS) is 11.0. The minimum absolute atomic E-state index is 0.137. The number of carbonyl (C=O) groups is 1. The first kappa shape index (κ1) is 14.5. The quantitative estimate of drug-likeness (QED) is 0.804. The van der Waals surface area contributed by atoms with Crippen LogP contribution in [0, 0.1) is 13.8 Å². The Hall–Kier alpha value is -2.41. The van der Waals surface area contributed by atoms with Gasteiger partial charge in [-0.05, 0) is 31.5 Å². The van der Waals surface area contributed by atoms with Gasteiger partial charge < -0.3 is 9.73 Å². The van der Waals surface area contributed by atoms with Crippen LogP contribution in [0.25, 0.3) is 11.1 Å². The van der Waals surface area contributed by atoms with Gasteiger partial charge in [0.25, 0.3) is 0 Å². The van der Waals surface area contributed by atoms with Crippen LogP contribution in [0.5, 0.6) is 0 Å². The van der Waals surface area contributed by atoms with Crippen LogP contribution in [0.3, 0.4) is 0 Å². The Morgan fingerprint density at radius 3 is 2.86 bits per heavy atom. The predicted molar refractivity (Wildman–Crippen MR) is 85.4 cm³/mol. The third-order valence-corrected chi connectivity index (χ3v) is 4.48. The molecule has 6 nitrogen and oxygen atoms in total. The summed E-state index contributed by atoms with van der Waals surface area (Å²) in [4.78, 5) is 28.9. The Kier molecular flexibility index (Phi) is 3.58. The second kappa shape index (κ2) is 5.42. The van der Waals surface area contributed by atoms with E-state index in [0.29, 0.717) is 16.2 Å². The highest BCUT2D eigenvalue weighted by Crippen LogP contribution is 2.21. The summed E-state index contributed by atoms with van der Waals surface area (Å²) >= 11 is 1.46. The van der Waals surface area contributed by atoms with E-state index in [0.717, 1.165) is 16.1 Å². The summed E-state index contributed by atoms with van der Waals surface area (Å²) in [6.07, 6.45) is 0.215. The lowest BCUT2D eigenvalue weighted by Gasteiger charge is -2.02. The van der Waals surface area contributed by atoms with Crippen molar-refractivity contribution < 1.29 is 9.21 Å². The lowest BCUT2D eigenvalue weighted by Crippen LogP contribution is -2.14. The molecule has 7 heteroatoms. The first-order chi connectivity index (χ1) is 10.4. The molecule has 0 aliphatic carbocycles. The van der Waals surface area contributed by atoms with Crippen molar-refractivity contribution in [1.29, 1.82) is 0 Å². The average Bonchev–Trinajstić information content (AvgIpc) is 2.91. The molecule has 0 aliphatic heterocycles. The van der Waals surface area contributed by atoms with Crippen molar-refractivity contribution in [2.45, 2.75) is 20.3 Å². The molecule has 0 saturated heterocycles. The maximum Gasteiger partial charge on any atom is 0.419 e. The fourth-order valence-corrected chi connectivity index (χ4v) is 2.99. The van der Waals surface area contributed by atoms with Crippen LogP contribution in [0.4, 0.5) is 5.13 Å². The Morgan fingerprint density at radius 2 is 2.18 bits per heavy atom. The molecule has 22 heavy (non-hydrogen) atoms. The van der Waals surface area contributed by atoms with Crippen molar-refractivity contribution in [1.82, 2.24) is 9.55 Å². The minimum Gasteiger partial charge on any atom is -0.408 e. The molecular weight excluding hydrogens is 302 g/mol. The zero-order valence-electron chi connectivity index (χ0n) is 12.5. The van der Waals surface area contributed by atoms with Gasteiger partial charge in [0.15, 0.2) is 10.7 Å². The fourth-order valence-electron chi connectivity index (χ4n) is 2.16. The van der Waals surface area contributed by atoms with Crippen LogP contribution in [0.2, 0.25) is 0 Å². The van der Waals surface area contributed by atoms with E-state index in [4.69, 9.17) is 4.42 Å².